The zero-order valence-corrected chi connectivity index (χ0v) is 11.2. The number of aliphatic hydroxyl groups is 1. The van der Waals surface area contributed by atoms with Gasteiger partial charge < -0.3 is 15.3 Å². The van der Waals surface area contributed by atoms with Crippen molar-refractivity contribution in [3.05, 3.63) is 30.1 Å². The molecule has 104 valence electrons. The monoisotopic (exact) mass is 266 g/mol. The Kier molecular flexibility index (Phi) is 3.75. The summed E-state index contributed by atoms with van der Waals surface area (Å²) in [6.45, 7) is 4.44. The van der Waals surface area contributed by atoms with Gasteiger partial charge in [0, 0.05) is 18.8 Å². The number of halogens is 1. The van der Waals surface area contributed by atoms with Gasteiger partial charge >= 0.3 is 0 Å². The normalized spacial score (nSPS) is 22.2. The Hall–Kier alpha value is -1.62. The molecule has 2 rings (SSSR count). The summed E-state index contributed by atoms with van der Waals surface area (Å²) in [6, 6.07) is 5.67. The topological polar surface area (TPSA) is 52.6 Å². The van der Waals surface area contributed by atoms with Gasteiger partial charge in [-0.25, -0.2) is 4.39 Å². The molecule has 0 bridgehead atoms. The van der Waals surface area contributed by atoms with Crippen LogP contribution in [0.1, 0.15) is 20.3 Å². The summed E-state index contributed by atoms with van der Waals surface area (Å²) in [7, 11) is 0. The maximum Gasteiger partial charge on any atom is 0.243 e. The van der Waals surface area contributed by atoms with Gasteiger partial charge in [0.15, 0.2) is 0 Å². The van der Waals surface area contributed by atoms with Crippen molar-refractivity contribution in [2.75, 3.05) is 18.1 Å². The van der Waals surface area contributed by atoms with E-state index < -0.39 is 6.04 Å². The summed E-state index contributed by atoms with van der Waals surface area (Å²) in [5.74, 6) is -0.405. The molecule has 19 heavy (non-hydrogen) atoms. The van der Waals surface area contributed by atoms with Crippen molar-refractivity contribution >= 4 is 11.6 Å². The van der Waals surface area contributed by atoms with Crippen LogP contribution in [0.15, 0.2) is 24.3 Å². The molecule has 1 aliphatic heterocycles. The van der Waals surface area contributed by atoms with E-state index >= 15 is 0 Å². The summed E-state index contributed by atoms with van der Waals surface area (Å²) in [4.78, 5) is 14.0. The lowest BCUT2D eigenvalue weighted by Gasteiger charge is -2.44. The first-order valence-electron chi connectivity index (χ1n) is 6.38. The van der Waals surface area contributed by atoms with Gasteiger partial charge in [-0.15, -0.1) is 0 Å². The number of aliphatic hydroxyl groups excluding tert-OH is 1. The molecule has 1 unspecified atom stereocenters. The number of anilines is 1. The molecule has 0 saturated carbocycles. The van der Waals surface area contributed by atoms with Crippen molar-refractivity contribution in [2.45, 2.75) is 31.8 Å². The Morgan fingerprint density at radius 3 is 2.63 bits per heavy atom. The van der Waals surface area contributed by atoms with Crippen LogP contribution in [0.3, 0.4) is 0 Å². The van der Waals surface area contributed by atoms with Gasteiger partial charge in [0.05, 0.1) is 5.54 Å². The third kappa shape index (κ3) is 3.04. The summed E-state index contributed by atoms with van der Waals surface area (Å²) in [6.07, 6.45) is 0.360. The molecule has 1 aliphatic rings. The van der Waals surface area contributed by atoms with Crippen molar-refractivity contribution in [1.29, 1.82) is 0 Å². The Balaban J connectivity index is 2.31. The maximum atomic E-state index is 13.0. The van der Waals surface area contributed by atoms with Crippen LogP contribution in [-0.2, 0) is 4.79 Å². The molecular weight excluding hydrogens is 247 g/mol. The second-order valence-electron chi connectivity index (χ2n) is 5.51. The molecule has 0 radical (unpaired) electrons. The van der Waals surface area contributed by atoms with Crippen molar-refractivity contribution < 1.29 is 14.3 Å². The van der Waals surface area contributed by atoms with Crippen molar-refractivity contribution in [1.82, 2.24) is 5.32 Å². The second-order valence-corrected chi connectivity index (χ2v) is 5.51. The number of amides is 1. The molecule has 0 aliphatic carbocycles. The van der Waals surface area contributed by atoms with Gasteiger partial charge in [0.2, 0.25) is 5.91 Å². The molecule has 0 aromatic heterocycles. The quantitative estimate of drug-likeness (QED) is 0.867. The molecule has 1 saturated heterocycles. The van der Waals surface area contributed by atoms with E-state index in [2.05, 4.69) is 5.32 Å². The molecule has 1 heterocycles. The average Bonchev–Trinajstić information content (AvgIpc) is 2.33. The number of hydrogen-bond donors (Lipinski definition) is 2. The number of hydrogen-bond acceptors (Lipinski definition) is 3. The fourth-order valence-electron chi connectivity index (χ4n) is 2.45. The van der Waals surface area contributed by atoms with E-state index in [9.17, 15) is 9.18 Å². The van der Waals surface area contributed by atoms with Gasteiger partial charge in [0.25, 0.3) is 0 Å². The van der Waals surface area contributed by atoms with Crippen LogP contribution in [0.25, 0.3) is 0 Å². The third-order valence-corrected chi connectivity index (χ3v) is 3.27. The maximum absolute atomic E-state index is 13.0. The lowest BCUT2D eigenvalue weighted by molar-refractivity contribution is -0.125. The minimum absolute atomic E-state index is 0.0593. The molecule has 1 aromatic rings. The molecule has 1 fully saturated rings. The summed E-state index contributed by atoms with van der Waals surface area (Å²) < 4.78 is 13.0. The number of carbonyl (C=O) groups is 1. The van der Waals surface area contributed by atoms with E-state index in [0.29, 0.717) is 13.0 Å². The van der Waals surface area contributed by atoms with E-state index in [1.54, 1.807) is 12.1 Å². The Labute approximate surface area is 112 Å². The predicted molar refractivity (Wildman–Crippen MR) is 71.5 cm³/mol. The number of nitrogens with zero attached hydrogens (tertiary/aromatic N) is 1. The van der Waals surface area contributed by atoms with E-state index in [-0.39, 0.29) is 23.9 Å². The lowest BCUT2D eigenvalue weighted by Crippen LogP contribution is -2.65. The molecule has 0 spiro atoms. The molecule has 1 atom stereocenters. The Bertz CT molecular complexity index is 459. The number of piperazine rings is 1. The smallest absolute Gasteiger partial charge is 0.243 e. The SMILES string of the molecule is CC1(C)CN(c2ccc(F)cc2)C(CCO)C(=O)N1. The standard InChI is InChI=1S/C14H19FN2O2/c1-14(2)9-17(11-5-3-10(15)4-6-11)12(7-8-18)13(19)16-14/h3-6,12,18H,7-9H2,1-2H3,(H,16,19). The molecule has 5 heteroatoms. The van der Waals surface area contributed by atoms with Crippen LogP contribution in [0.4, 0.5) is 10.1 Å². The Morgan fingerprint density at radius 2 is 2.05 bits per heavy atom. The number of benzene rings is 1. The highest BCUT2D eigenvalue weighted by atomic mass is 19.1. The van der Waals surface area contributed by atoms with E-state index in [4.69, 9.17) is 5.11 Å². The highest BCUT2D eigenvalue weighted by Gasteiger charge is 2.38. The van der Waals surface area contributed by atoms with Crippen molar-refractivity contribution in [3.8, 4) is 0 Å². The van der Waals surface area contributed by atoms with Gasteiger partial charge in [-0.3, -0.25) is 4.79 Å². The number of carbonyl (C=O) groups excluding carboxylic acids is 1. The van der Waals surface area contributed by atoms with Gasteiger partial charge in [-0.1, -0.05) is 0 Å². The minimum atomic E-state index is -0.413. The first-order chi connectivity index (χ1) is 8.93. The van der Waals surface area contributed by atoms with Crippen molar-refractivity contribution in [2.24, 2.45) is 0 Å². The van der Waals surface area contributed by atoms with Crippen molar-refractivity contribution in [3.63, 3.8) is 0 Å². The summed E-state index contributed by atoms with van der Waals surface area (Å²) in [5, 5.41) is 12.0. The molecule has 1 amide bonds. The zero-order valence-electron chi connectivity index (χ0n) is 11.2. The zero-order chi connectivity index (χ0) is 14.0. The van der Waals surface area contributed by atoms with Gasteiger partial charge in [-0.2, -0.15) is 0 Å². The molecule has 1 aromatic carbocycles. The van der Waals surface area contributed by atoms with Gasteiger partial charge in [-0.05, 0) is 44.5 Å². The molecular formula is C14H19FN2O2. The lowest BCUT2D eigenvalue weighted by atomic mass is 9.96. The molecule has 4 nitrogen and oxygen atoms in total. The first-order valence-corrected chi connectivity index (χ1v) is 6.38. The van der Waals surface area contributed by atoms with E-state index in [1.165, 1.54) is 12.1 Å². The van der Waals surface area contributed by atoms with Crippen LogP contribution in [0.2, 0.25) is 0 Å². The largest absolute Gasteiger partial charge is 0.396 e. The van der Waals surface area contributed by atoms with E-state index in [0.717, 1.165) is 5.69 Å². The van der Waals surface area contributed by atoms with Crippen LogP contribution >= 0.6 is 0 Å². The number of rotatable bonds is 3. The Morgan fingerprint density at radius 1 is 1.42 bits per heavy atom. The first kappa shape index (κ1) is 13.8. The van der Waals surface area contributed by atoms with E-state index in [1.807, 2.05) is 18.7 Å². The van der Waals surface area contributed by atoms with Crippen LogP contribution in [-0.4, -0.2) is 35.7 Å². The predicted octanol–water partition coefficient (Wildman–Crippen LogP) is 1.29. The summed E-state index contributed by atoms with van der Waals surface area (Å²) in [5.41, 5.74) is 0.444. The van der Waals surface area contributed by atoms with Crippen LogP contribution < -0.4 is 10.2 Å². The molecule has 2 N–H and O–H groups in total. The van der Waals surface area contributed by atoms with Gasteiger partial charge in [0.1, 0.15) is 11.9 Å². The van der Waals surface area contributed by atoms with Crippen LogP contribution in [0.5, 0.6) is 0 Å². The second kappa shape index (κ2) is 5.17. The fraction of sp³-hybridized carbons (Fsp3) is 0.500. The highest BCUT2D eigenvalue weighted by Crippen LogP contribution is 2.25. The fourth-order valence-corrected chi connectivity index (χ4v) is 2.45. The summed E-state index contributed by atoms with van der Waals surface area (Å²) >= 11 is 0. The van der Waals surface area contributed by atoms with Crippen LogP contribution in [0, 0.1) is 5.82 Å². The minimum Gasteiger partial charge on any atom is -0.396 e. The highest BCUT2D eigenvalue weighted by molar-refractivity contribution is 5.87. The third-order valence-electron chi connectivity index (χ3n) is 3.27. The average molecular weight is 266 g/mol. The number of nitrogens with one attached hydrogen (secondary N) is 1.